The smallest absolute Gasteiger partial charge is 0.142 e. The summed E-state index contributed by atoms with van der Waals surface area (Å²) in [6, 6.07) is 14.4. The molecule has 0 bridgehead atoms. The lowest BCUT2D eigenvalue weighted by Crippen LogP contribution is -1.99. The van der Waals surface area contributed by atoms with Crippen LogP contribution in [-0.2, 0) is 7.05 Å². The summed E-state index contributed by atoms with van der Waals surface area (Å²) in [7, 11) is 1.87. The number of nitrogens with one attached hydrogen (secondary N) is 1. The Morgan fingerprint density at radius 3 is 2.48 bits per heavy atom. The van der Waals surface area contributed by atoms with E-state index in [4.69, 9.17) is 0 Å². The van der Waals surface area contributed by atoms with Crippen molar-refractivity contribution < 1.29 is 4.39 Å². The summed E-state index contributed by atoms with van der Waals surface area (Å²) >= 11 is 3.45. The molecular weight excluding hydrogens is 333 g/mol. The molecule has 3 nitrogen and oxygen atoms in total. The number of aryl methyl sites for hydroxylation is 1. The number of hydrogen-bond donors (Lipinski definition) is 1. The minimum absolute atomic E-state index is 0.228. The fourth-order valence-corrected chi connectivity index (χ4v) is 2.55. The lowest BCUT2D eigenvalue weighted by Gasteiger charge is -2.08. The molecule has 0 aliphatic carbocycles. The van der Waals surface area contributed by atoms with Crippen molar-refractivity contribution in [3.8, 4) is 11.1 Å². The molecule has 0 atom stereocenters. The molecule has 2 aromatic carbocycles. The number of nitrogens with zero attached hydrogens (tertiary/aromatic N) is 2. The Balaban J connectivity index is 1.85. The van der Waals surface area contributed by atoms with Gasteiger partial charge in [0, 0.05) is 12.7 Å². The molecule has 3 aromatic rings. The molecule has 0 unspecified atom stereocenters. The number of rotatable bonds is 3. The van der Waals surface area contributed by atoms with Crippen molar-refractivity contribution in [1.29, 1.82) is 0 Å². The number of aromatic nitrogens is 2. The van der Waals surface area contributed by atoms with E-state index < -0.39 is 0 Å². The van der Waals surface area contributed by atoms with Crippen molar-refractivity contribution in [2.24, 2.45) is 7.05 Å². The Morgan fingerprint density at radius 2 is 1.86 bits per heavy atom. The van der Waals surface area contributed by atoms with Crippen LogP contribution in [-0.4, -0.2) is 9.78 Å². The fourth-order valence-electron chi connectivity index (χ4n) is 2.10. The van der Waals surface area contributed by atoms with Gasteiger partial charge in [-0.05, 0) is 51.3 Å². The summed E-state index contributed by atoms with van der Waals surface area (Å²) in [6.45, 7) is 0. The zero-order chi connectivity index (χ0) is 14.8. The second kappa shape index (κ2) is 5.69. The molecule has 1 N–H and O–H groups in total. The molecule has 5 heteroatoms. The van der Waals surface area contributed by atoms with Crippen LogP contribution in [0.15, 0.2) is 59.2 Å². The van der Waals surface area contributed by atoms with Crippen LogP contribution >= 0.6 is 15.9 Å². The van der Waals surface area contributed by atoms with Crippen LogP contribution in [0.4, 0.5) is 15.9 Å². The Hall–Kier alpha value is -2.14. The predicted octanol–water partition coefficient (Wildman–Crippen LogP) is 4.73. The average molecular weight is 346 g/mol. The van der Waals surface area contributed by atoms with Crippen molar-refractivity contribution in [3.63, 3.8) is 0 Å². The highest BCUT2D eigenvalue weighted by atomic mass is 79.9. The predicted molar refractivity (Wildman–Crippen MR) is 86.0 cm³/mol. The van der Waals surface area contributed by atoms with E-state index in [1.165, 1.54) is 12.1 Å². The molecule has 0 amide bonds. The Kier molecular flexibility index (Phi) is 3.75. The van der Waals surface area contributed by atoms with Crippen LogP contribution in [0.2, 0.25) is 0 Å². The Labute approximate surface area is 130 Å². The number of hydrogen-bond acceptors (Lipinski definition) is 2. The lowest BCUT2D eigenvalue weighted by molar-refractivity contribution is 0.628. The maximum absolute atomic E-state index is 13.2. The molecule has 0 aliphatic rings. The third kappa shape index (κ3) is 2.97. The second-order valence-electron chi connectivity index (χ2n) is 4.68. The number of anilines is 2. The lowest BCUT2D eigenvalue weighted by atomic mass is 10.1. The van der Waals surface area contributed by atoms with E-state index in [1.54, 1.807) is 16.9 Å². The molecule has 1 heterocycles. The van der Waals surface area contributed by atoms with Crippen molar-refractivity contribution >= 4 is 27.4 Å². The van der Waals surface area contributed by atoms with E-state index in [-0.39, 0.29) is 5.82 Å². The van der Waals surface area contributed by atoms with Crippen molar-refractivity contribution in [2.75, 3.05) is 5.32 Å². The first kappa shape index (κ1) is 13.8. The van der Waals surface area contributed by atoms with E-state index in [9.17, 15) is 4.39 Å². The minimum Gasteiger partial charge on any atom is -0.340 e. The molecule has 0 saturated carbocycles. The van der Waals surface area contributed by atoms with E-state index in [2.05, 4.69) is 26.3 Å². The van der Waals surface area contributed by atoms with Gasteiger partial charge in [0.25, 0.3) is 0 Å². The van der Waals surface area contributed by atoms with Gasteiger partial charge in [-0.1, -0.05) is 24.3 Å². The van der Waals surface area contributed by atoms with Gasteiger partial charge in [-0.15, -0.1) is 0 Å². The third-order valence-electron chi connectivity index (χ3n) is 3.20. The van der Waals surface area contributed by atoms with Gasteiger partial charge in [0.2, 0.25) is 0 Å². The van der Waals surface area contributed by atoms with Crippen LogP contribution in [0.25, 0.3) is 11.1 Å². The van der Waals surface area contributed by atoms with Crippen molar-refractivity contribution in [2.45, 2.75) is 0 Å². The first-order valence-corrected chi connectivity index (χ1v) is 7.23. The highest BCUT2D eigenvalue weighted by molar-refractivity contribution is 9.10. The molecule has 1 aromatic heterocycles. The summed E-state index contributed by atoms with van der Waals surface area (Å²) in [4.78, 5) is 0. The monoisotopic (exact) mass is 345 g/mol. The van der Waals surface area contributed by atoms with E-state index in [1.807, 2.05) is 37.4 Å². The summed E-state index contributed by atoms with van der Waals surface area (Å²) in [6.07, 6.45) is 1.74. The topological polar surface area (TPSA) is 29.9 Å². The largest absolute Gasteiger partial charge is 0.340 e. The molecule has 0 saturated heterocycles. The fraction of sp³-hybridized carbons (Fsp3) is 0.0625. The van der Waals surface area contributed by atoms with Gasteiger partial charge in [0.05, 0.1) is 10.7 Å². The normalized spacial score (nSPS) is 10.6. The van der Waals surface area contributed by atoms with Gasteiger partial charge < -0.3 is 5.32 Å². The van der Waals surface area contributed by atoms with Crippen LogP contribution in [0.1, 0.15) is 0 Å². The molecule has 0 fully saturated rings. The quantitative estimate of drug-likeness (QED) is 0.743. The average Bonchev–Trinajstić information content (AvgIpc) is 2.80. The number of benzene rings is 2. The van der Waals surface area contributed by atoms with Crippen molar-refractivity contribution in [1.82, 2.24) is 9.78 Å². The van der Waals surface area contributed by atoms with Crippen LogP contribution in [0.3, 0.4) is 0 Å². The van der Waals surface area contributed by atoms with Crippen molar-refractivity contribution in [3.05, 3.63) is 65.0 Å². The van der Waals surface area contributed by atoms with Gasteiger partial charge in [0.15, 0.2) is 0 Å². The summed E-state index contributed by atoms with van der Waals surface area (Å²) in [5.74, 6) is 0.655. The molecule has 0 aliphatic heterocycles. The van der Waals surface area contributed by atoms with Crippen LogP contribution in [0.5, 0.6) is 0 Å². The maximum Gasteiger partial charge on any atom is 0.142 e. The highest BCUT2D eigenvalue weighted by Crippen LogP contribution is 2.27. The first-order valence-electron chi connectivity index (χ1n) is 6.44. The molecule has 0 radical (unpaired) electrons. The molecule has 0 spiro atoms. The van der Waals surface area contributed by atoms with Gasteiger partial charge in [-0.3, -0.25) is 4.68 Å². The molecule has 106 valence electrons. The summed E-state index contributed by atoms with van der Waals surface area (Å²) < 4.78 is 15.9. The van der Waals surface area contributed by atoms with Crippen LogP contribution in [0, 0.1) is 5.82 Å². The zero-order valence-corrected chi connectivity index (χ0v) is 12.9. The molecule has 21 heavy (non-hydrogen) atoms. The van der Waals surface area contributed by atoms with Gasteiger partial charge >= 0.3 is 0 Å². The zero-order valence-electron chi connectivity index (χ0n) is 11.3. The third-order valence-corrected chi connectivity index (χ3v) is 3.78. The van der Waals surface area contributed by atoms with Crippen LogP contribution < -0.4 is 5.32 Å². The first-order chi connectivity index (χ1) is 10.1. The standard InChI is InChI=1S/C16H13BrFN3/c1-21-16(15(17)10-19-21)20-14-7-5-11(6-8-14)12-3-2-4-13(18)9-12/h2-10,20H,1H3. The van der Waals surface area contributed by atoms with E-state index in [0.29, 0.717) is 0 Å². The summed E-state index contributed by atoms with van der Waals surface area (Å²) in [5.41, 5.74) is 2.78. The van der Waals surface area contributed by atoms with E-state index in [0.717, 1.165) is 27.1 Å². The van der Waals surface area contributed by atoms with E-state index >= 15 is 0 Å². The second-order valence-corrected chi connectivity index (χ2v) is 5.53. The maximum atomic E-state index is 13.2. The van der Waals surface area contributed by atoms with Gasteiger partial charge in [-0.2, -0.15) is 5.10 Å². The minimum atomic E-state index is -0.228. The highest BCUT2D eigenvalue weighted by Gasteiger charge is 2.06. The Bertz CT molecular complexity index is 746. The molecular formula is C16H13BrFN3. The SMILES string of the molecule is Cn1ncc(Br)c1Nc1ccc(-c2cccc(F)c2)cc1. The summed E-state index contributed by atoms with van der Waals surface area (Å²) in [5, 5.41) is 7.44. The number of halogens is 2. The molecule has 3 rings (SSSR count). The van der Waals surface area contributed by atoms with Gasteiger partial charge in [0.1, 0.15) is 11.6 Å². The van der Waals surface area contributed by atoms with Gasteiger partial charge in [-0.25, -0.2) is 4.39 Å². The Morgan fingerprint density at radius 1 is 1.10 bits per heavy atom.